The summed E-state index contributed by atoms with van der Waals surface area (Å²) in [4.78, 5) is 2.50. The van der Waals surface area contributed by atoms with Gasteiger partial charge in [-0.05, 0) is 56.2 Å². The second-order valence-electron chi connectivity index (χ2n) is 6.85. The Bertz CT molecular complexity index is 518. The highest BCUT2D eigenvalue weighted by Gasteiger charge is 2.40. The molecule has 1 saturated carbocycles. The molecule has 2 N–H and O–H groups in total. The van der Waals surface area contributed by atoms with E-state index in [0.717, 1.165) is 24.4 Å². The van der Waals surface area contributed by atoms with Gasteiger partial charge in [-0.25, -0.2) is 0 Å². The highest BCUT2D eigenvalue weighted by Crippen LogP contribution is 2.40. The fraction of sp³-hybridized carbons (Fsp3) is 0.647. The van der Waals surface area contributed by atoms with Crippen LogP contribution in [0.15, 0.2) is 18.2 Å². The number of piperidine rings is 1. The van der Waals surface area contributed by atoms with Gasteiger partial charge in [0.15, 0.2) is 0 Å². The fourth-order valence-electron chi connectivity index (χ4n) is 3.95. The minimum Gasteiger partial charge on any atom is -0.393 e. The first-order valence-electron chi connectivity index (χ1n) is 8.19. The van der Waals surface area contributed by atoms with Crippen LogP contribution in [-0.4, -0.2) is 29.3 Å². The molecule has 1 aliphatic carbocycles. The molecular weight excluding hydrogens is 284 g/mol. The van der Waals surface area contributed by atoms with Crippen molar-refractivity contribution in [3.8, 4) is 0 Å². The van der Waals surface area contributed by atoms with Gasteiger partial charge >= 0.3 is 0 Å². The van der Waals surface area contributed by atoms with Crippen LogP contribution in [0.3, 0.4) is 0 Å². The summed E-state index contributed by atoms with van der Waals surface area (Å²) in [6, 6.07) is 8.18. The van der Waals surface area contributed by atoms with Crippen molar-refractivity contribution in [2.75, 3.05) is 4.90 Å². The van der Waals surface area contributed by atoms with Crippen molar-refractivity contribution in [1.82, 2.24) is 5.32 Å². The number of aliphatic hydroxyl groups excluding tert-OH is 1. The minimum atomic E-state index is -0.115. The van der Waals surface area contributed by atoms with Crippen molar-refractivity contribution in [1.29, 1.82) is 0 Å². The maximum atomic E-state index is 9.92. The average Bonchev–Trinajstić information content (AvgIpc) is 3.23. The first-order chi connectivity index (χ1) is 10.2. The number of rotatable bonds is 4. The lowest BCUT2D eigenvalue weighted by Gasteiger charge is -2.39. The third-order valence-electron chi connectivity index (χ3n) is 5.20. The molecule has 2 saturated heterocycles. The molecule has 2 bridgehead atoms. The summed E-state index contributed by atoms with van der Waals surface area (Å²) in [5, 5.41) is 14.3. The van der Waals surface area contributed by atoms with Crippen molar-refractivity contribution in [3.05, 3.63) is 28.8 Å². The van der Waals surface area contributed by atoms with Gasteiger partial charge in [-0.1, -0.05) is 17.7 Å². The normalized spacial score (nSPS) is 31.7. The summed E-state index contributed by atoms with van der Waals surface area (Å²) in [6.07, 6.45) is 6.69. The zero-order chi connectivity index (χ0) is 14.4. The van der Waals surface area contributed by atoms with Crippen molar-refractivity contribution in [2.24, 2.45) is 0 Å². The van der Waals surface area contributed by atoms with Crippen LogP contribution in [-0.2, 0) is 6.54 Å². The minimum absolute atomic E-state index is 0.115. The molecule has 0 spiro atoms. The average molecular weight is 307 g/mol. The number of nitrogens with zero attached hydrogens (tertiary/aromatic N) is 1. The van der Waals surface area contributed by atoms with E-state index in [2.05, 4.69) is 28.4 Å². The molecule has 0 aromatic heterocycles. The number of anilines is 1. The lowest BCUT2D eigenvalue weighted by molar-refractivity contribution is 0.126. The lowest BCUT2D eigenvalue weighted by atomic mass is 9.99. The van der Waals surface area contributed by atoms with Crippen LogP contribution in [0.1, 0.15) is 44.1 Å². The van der Waals surface area contributed by atoms with E-state index in [9.17, 15) is 5.11 Å². The monoisotopic (exact) mass is 306 g/mol. The van der Waals surface area contributed by atoms with E-state index in [1.54, 1.807) is 0 Å². The van der Waals surface area contributed by atoms with Crippen molar-refractivity contribution < 1.29 is 5.11 Å². The van der Waals surface area contributed by atoms with Crippen LogP contribution in [0.5, 0.6) is 0 Å². The van der Waals surface area contributed by atoms with Gasteiger partial charge < -0.3 is 15.3 Å². The van der Waals surface area contributed by atoms with Crippen LogP contribution in [0.2, 0.25) is 5.02 Å². The second kappa shape index (κ2) is 5.45. The SMILES string of the molecule is OC1CC2CCC(C1)N2c1ccc(CNC2CC2)c(Cl)c1. The molecule has 0 amide bonds. The molecule has 3 nitrogen and oxygen atoms in total. The van der Waals surface area contributed by atoms with Gasteiger partial charge in [0.2, 0.25) is 0 Å². The van der Waals surface area contributed by atoms with E-state index >= 15 is 0 Å². The predicted molar refractivity (Wildman–Crippen MR) is 85.8 cm³/mol. The van der Waals surface area contributed by atoms with Crippen molar-refractivity contribution in [3.63, 3.8) is 0 Å². The third-order valence-corrected chi connectivity index (χ3v) is 5.55. The Hall–Kier alpha value is -0.770. The van der Waals surface area contributed by atoms with Crippen LogP contribution < -0.4 is 10.2 Å². The zero-order valence-corrected chi connectivity index (χ0v) is 13.0. The molecule has 4 heteroatoms. The fourth-order valence-corrected chi connectivity index (χ4v) is 4.19. The lowest BCUT2D eigenvalue weighted by Crippen LogP contribution is -2.44. The summed E-state index contributed by atoms with van der Waals surface area (Å²) in [6.45, 7) is 0.870. The summed E-state index contributed by atoms with van der Waals surface area (Å²) in [5.41, 5.74) is 2.42. The van der Waals surface area contributed by atoms with E-state index in [4.69, 9.17) is 11.6 Å². The Morgan fingerprint density at radius 3 is 2.48 bits per heavy atom. The van der Waals surface area contributed by atoms with Gasteiger partial charge in [0.25, 0.3) is 0 Å². The van der Waals surface area contributed by atoms with E-state index in [-0.39, 0.29) is 6.10 Å². The maximum Gasteiger partial charge on any atom is 0.0579 e. The standard InChI is InChI=1S/C17H23ClN2O/c18-17-9-15(4-1-11(17)10-19-12-2-3-12)20-13-5-6-14(20)8-16(21)7-13/h1,4,9,12-14,16,19,21H,2-3,5-8,10H2. The molecule has 3 fully saturated rings. The van der Waals surface area contributed by atoms with Gasteiger partial charge in [0, 0.05) is 35.4 Å². The Morgan fingerprint density at radius 2 is 1.86 bits per heavy atom. The molecule has 1 aromatic rings. The largest absolute Gasteiger partial charge is 0.393 e. The van der Waals surface area contributed by atoms with E-state index in [0.29, 0.717) is 18.1 Å². The molecule has 2 aliphatic heterocycles. The second-order valence-corrected chi connectivity index (χ2v) is 7.26. The number of halogens is 1. The third kappa shape index (κ3) is 2.79. The quantitative estimate of drug-likeness (QED) is 0.897. The number of benzene rings is 1. The molecule has 2 atom stereocenters. The first-order valence-corrected chi connectivity index (χ1v) is 8.56. The number of hydrogen-bond donors (Lipinski definition) is 2. The molecule has 2 heterocycles. The zero-order valence-electron chi connectivity index (χ0n) is 12.3. The molecule has 21 heavy (non-hydrogen) atoms. The van der Waals surface area contributed by atoms with Gasteiger partial charge in [0.1, 0.15) is 0 Å². The topological polar surface area (TPSA) is 35.5 Å². The summed E-state index contributed by atoms with van der Waals surface area (Å²) in [5.74, 6) is 0. The van der Waals surface area contributed by atoms with Crippen LogP contribution in [0, 0.1) is 0 Å². The molecular formula is C17H23ClN2O. The van der Waals surface area contributed by atoms with Crippen LogP contribution in [0.4, 0.5) is 5.69 Å². The number of aliphatic hydroxyl groups is 1. The number of fused-ring (bicyclic) bond motifs is 2. The predicted octanol–water partition coefficient (Wildman–Crippen LogP) is 3.08. The van der Waals surface area contributed by atoms with Gasteiger partial charge in [-0.3, -0.25) is 0 Å². The maximum absolute atomic E-state index is 9.92. The van der Waals surface area contributed by atoms with E-state index in [1.807, 2.05) is 0 Å². The molecule has 3 aliphatic rings. The Balaban J connectivity index is 1.51. The van der Waals surface area contributed by atoms with Crippen molar-refractivity contribution in [2.45, 2.75) is 69.3 Å². The highest BCUT2D eigenvalue weighted by atomic mass is 35.5. The molecule has 114 valence electrons. The van der Waals surface area contributed by atoms with E-state index in [1.165, 1.54) is 36.9 Å². The van der Waals surface area contributed by atoms with Crippen LogP contribution >= 0.6 is 11.6 Å². The van der Waals surface area contributed by atoms with Gasteiger partial charge in [-0.15, -0.1) is 0 Å². The summed E-state index contributed by atoms with van der Waals surface area (Å²) in [7, 11) is 0. The molecule has 1 aromatic carbocycles. The number of nitrogens with one attached hydrogen (secondary N) is 1. The molecule has 0 radical (unpaired) electrons. The van der Waals surface area contributed by atoms with Gasteiger partial charge in [0.05, 0.1) is 6.10 Å². The van der Waals surface area contributed by atoms with Gasteiger partial charge in [-0.2, -0.15) is 0 Å². The van der Waals surface area contributed by atoms with Crippen molar-refractivity contribution >= 4 is 17.3 Å². The van der Waals surface area contributed by atoms with Crippen LogP contribution in [0.25, 0.3) is 0 Å². The molecule has 2 unspecified atom stereocenters. The summed E-state index contributed by atoms with van der Waals surface area (Å²) < 4.78 is 0. The number of hydrogen-bond acceptors (Lipinski definition) is 3. The van der Waals surface area contributed by atoms with E-state index < -0.39 is 0 Å². The molecule has 4 rings (SSSR count). The Kier molecular flexibility index (Phi) is 3.60. The Morgan fingerprint density at radius 1 is 1.14 bits per heavy atom. The smallest absolute Gasteiger partial charge is 0.0579 e. The summed E-state index contributed by atoms with van der Waals surface area (Å²) >= 11 is 6.48. The Labute approximate surface area is 131 Å². The first kappa shape index (κ1) is 13.9. The highest BCUT2D eigenvalue weighted by molar-refractivity contribution is 6.31.